The van der Waals surface area contributed by atoms with Gasteiger partial charge in [-0.2, -0.15) is 0 Å². The predicted octanol–water partition coefficient (Wildman–Crippen LogP) is 2.76. The van der Waals surface area contributed by atoms with Gasteiger partial charge < -0.3 is 10.2 Å². The number of aliphatic hydroxyl groups excluding tert-OH is 2. The normalized spacial score (nSPS) is 15.0. The van der Waals surface area contributed by atoms with E-state index >= 15 is 0 Å². The maximum absolute atomic E-state index is 9.04. The second-order valence-electron chi connectivity index (χ2n) is 7.96. The minimum Gasteiger partial charge on any atom is -0.395 e. The first-order valence-electron chi connectivity index (χ1n) is 7.54. The first-order valence-corrected chi connectivity index (χ1v) is 7.54. The number of nitrogens with zero attached hydrogens (tertiary/aromatic N) is 1. The third kappa shape index (κ3) is 10.3. The summed E-state index contributed by atoms with van der Waals surface area (Å²) < 4.78 is 0. The summed E-state index contributed by atoms with van der Waals surface area (Å²) in [6.07, 6.45) is 2.39. The van der Waals surface area contributed by atoms with Crippen LogP contribution in [0.4, 0.5) is 0 Å². The molecule has 116 valence electrons. The largest absolute Gasteiger partial charge is 0.395 e. The van der Waals surface area contributed by atoms with Crippen molar-refractivity contribution in [3.05, 3.63) is 0 Å². The highest BCUT2D eigenvalue weighted by atomic mass is 16.3. The molecule has 0 saturated carbocycles. The van der Waals surface area contributed by atoms with Crippen LogP contribution < -0.4 is 0 Å². The Labute approximate surface area is 120 Å². The number of aliphatic hydroxyl groups is 2. The van der Waals surface area contributed by atoms with E-state index in [0.29, 0.717) is 29.8 Å². The molecule has 0 amide bonds. The molecule has 0 aliphatic rings. The molecule has 2 N–H and O–H groups in total. The molecule has 0 radical (unpaired) electrons. The van der Waals surface area contributed by atoms with Gasteiger partial charge >= 0.3 is 0 Å². The lowest BCUT2D eigenvalue weighted by molar-refractivity contribution is 0.120. The molecule has 0 rings (SSSR count). The van der Waals surface area contributed by atoms with Crippen LogP contribution in [0.3, 0.4) is 0 Å². The second-order valence-corrected chi connectivity index (χ2v) is 7.96. The van der Waals surface area contributed by atoms with E-state index in [1.54, 1.807) is 0 Å². The van der Waals surface area contributed by atoms with Gasteiger partial charge in [-0.15, -0.1) is 0 Å². The van der Waals surface area contributed by atoms with Crippen LogP contribution in [-0.4, -0.2) is 48.0 Å². The summed E-state index contributed by atoms with van der Waals surface area (Å²) >= 11 is 0. The van der Waals surface area contributed by atoms with Gasteiger partial charge in [0.25, 0.3) is 0 Å². The van der Waals surface area contributed by atoms with Crippen LogP contribution in [-0.2, 0) is 0 Å². The Hall–Kier alpha value is -0.120. The van der Waals surface area contributed by atoms with E-state index in [1.165, 1.54) is 12.8 Å². The lowest BCUT2D eigenvalue weighted by atomic mass is 9.72. The zero-order chi connectivity index (χ0) is 15.1. The van der Waals surface area contributed by atoms with Gasteiger partial charge in [-0.1, -0.05) is 41.5 Å². The highest BCUT2D eigenvalue weighted by Gasteiger charge is 2.27. The van der Waals surface area contributed by atoms with Crippen LogP contribution in [0.2, 0.25) is 0 Å². The van der Waals surface area contributed by atoms with Crippen molar-refractivity contribution in [2.45, 2.75) is 54.4 Å². The van der Waals surface area contributed by atoms with Crippen LogP contribution >= 0.6 is 0 Å². The predicted molar refractivity (Wildman–Crippen MR) is 82.2 cm³/mol. The van der Waals surface area contributed by atoms with E-state index in [1.807, 2.05) is 0 Å². The topological polar surface area (TPSA) is 43.7 Å². The number of hydrogen-bond donors (Lipinski definition) is 2. The van der Waals surface area contributed by atoms with Crippen LogP contribution in [0, 0.1) is 16.7 Å². The molecule has 0 aromatic rings. The van der Waals surface area contributed by atoms with Crippen LogP contribution in [0.15, 0.2) is 0 Å². The van der Waals surface area contributed by atoms with E-state index in [9.17, 15) is 0 Å². The molecule has 0 saturated heterocycles. The average molecular weight is 273 g/mol. The van der Waals surface area contributed by atoms with E-state index in [4.69, 9.17) is 10.2 Å². The first kappa shape index (κ1) is 18.9. The van der Waals surface area contributed by atoms with E-state index < -0.39 is 0 Å². The standard InChI is InChI=1S/C16H35NO2/c1-14(12-17(7-9-18)8-10-19)11-16(5,6)13-15(2,3)4/h14,18-19H,7-13H2,1-6H3. The molecule has 0 heterocycles. The Morgan fingerprint density at radius 1 is 0.947 bits per heavy atom. The average Bonchev–Trinajstić information content (AvgIpc) is 2.12. The lowest BCUT2D eigenvalue weighted by Crippen LogP contribution is -2.35. The molecule has 0 aliphatic heterocycles. The second kappa shape index (κ2) is 8.23. The minimum absolute atomic E-state index is 0.165. The number of hydrogen-bond acceptors (Lipinski definition) is 3. The molecule has 0 aromatic carbocycles. The molecule has 0 aromatic heterocycles. The summed E-state index contributed by atoms with van der Waals surface area (Å²) in [7, 11) is 0. The zero-order valence-electron chi connectivity index (χ0n) is 13.9. The summed E-state index contributed by atoms with van der Waals surface area (Å²) in [6.45, 7) is 16.4. The third-order valence-corrected chi connectivity index (χ3v) is 3.31. The Balaban J connectivity index is 4.29. The quantitative estimate of drug-likeness (QED) is 0.679. The van der Waals surface area contributed by atoms with Crippen molar-refractivity contribution < 1.29 is 10.2 Å². The van der Waals surface area contributed by atoms with Gasteiger partial charge in [0.2, 0.25) is 0 Å². The number of rotatable bonds is 9. The molecule has 0 spiro atoms. The van der Waals surface area contributed by atoms with Crippen molar-refractivity contribution in [1.29, 1.82) is 0 Å². The molecule has 0 fully saturated rings. The SMILES string of the molecule is CC(CN(CCO)CCO)CC(C)(C)CC(C)(C)C. The third-order valence-electron chi connectivity index (χ3n) is 3.31. The van der Waals surface area contributed by atoms with Gasteiger partial charge in [-0.25, -0.2) is 0 Å². The summed E-state index contributed by atoms with van der Waals surface area (Å²) in [4.78, 5) is 2.15. The van der Waals surface area contributed by atoms with Gasteiger partial charge in [-0.3, -0.25) is 4.90 Å². The molecule has 1 unspecified atom stereocenters. The first-order chi connectivity index (χ1) is 8.59. The fourth-order valence-corrected chi connectivity index (χ4v) is 3.53. The molecule has 0 aliphatic carbocycles. The van der Waals surface area contributed by atoms with Crippen molar-refractivity contribution >= 4 is 0 Å². The fourth-order valence-electron chi connectivity index (χ4n) is 3.53. The Bertz CT molecular complexity index is 227. The summed E-state index contributed by atoms with van der Waals surface area (Å²) in [5, 5.41) is 18.1. The zero-order valence-corrected chi connectivity index (χ0v) is 13.9. The van der Waals surface area contributed by atoms with Crippen LogP contribution in [0.1, 0.15) is 54.4 Å². The molecule has 19 heavy (non-hydrogen) atoms. The Morgan fingerprint density at radius 3 is 1.79 bits per heavy atom. The van der Waals surface area contributed by atoms with E-state index in [0.717, 1.165) is 6.54 Å². The summed E-state index contributed by atoms with van der Waals surface area (Å²) in [5.41, 5.74) is 0.695. The van der Waals surface area contributed by atoms with Gasteiger partial charge in [0.1, 0.15) is 0 Å². The van der Waals surface area contributed by atoms with Crippen molar-refractivity contribution in [3.8, 4) is 0 Å². The summed E-state index contributed by atoms with van der Waals surface area (Å²) in [6, 6.07) is 0. The lowest BCUT2D eigenvalue weighted by Gasteiger charge is -2.35. The maximum atomic E-state index is 9.04. The van der Waals surface area contributed by atoms with Crippen molar-refractivity contribution in [2.75, 3.05) is 32.8 Å². The van der Waals surface area contributed by atoms with Crippen molar-refractivity contribution in [1.82, 2.24) is 4.90 Å². The smallest absolute Gasteiger partial charge is 0.0558 e. The monoisotopic (exact) mass is 273 g/mol. The van der Waals surface area contributed by atoms with Crippen molar-refractivity contribution in [3.63, 3.8) is 0 Å². The highest BCUT2D eigenvalue weighted by Crippen LogP contribution is 2.37. The highest BCUT2D eigenvalue weighted by molar-refractivity contribution is 4.79. The van der Waals surface area contributed by atoms with Crippen LogP contribution in [0.5, 0.6) is 0 Å². The van der Waals surface area contributed by atoms with Gasteiger partial charge in [-0.05, 0) is 29.6 Å². The van der Waals surface area contributed by atoms with E-state index in [-0.39, 0.29) is 13.2 Å². The Morgan fingerprint density at radius 2 is 1.42 bits per heavy atom. The molecule has 0 bridgehead atoms. The Kier molecular flexibility index (Phi) is 8.18. The van der Waals surface area contributed by atoms with Gasteiger partial charge in [0.15, 0.2) is 0 Å². The van der Waals surface area contributed by atoms with Crippen molar-refractivity contribution in [2.24, 2.45) is 16.7 Å². The molecular weight excluding hydrogens is 238 g/mol. The fraction of sp³-hybridized carbons (Fsp3) is 1.00. The molecule has 3 nitrogen and oxygen atoms in total. The molecular formula is C16H35NO2. The minimum atomic E-state index is 0.165. The molecule has 1 atom stereocenters. The van der Waals surface area contributed by atoms with Gasteiger partial charge in [0, 0.05) is 19.6 Å². The van der Waals surface area contributed by atoms with Crippen LogP contribution in [0.25, 0.3) is 0 Å². The van der Waals surface area contributed by atoms with E-state index in [2.05, 4.69) is 46.4 Å². The maximum Gasteiger partial charge on any atom is 0.0558 e. The molecule has 3 heteroatoms. The van der Waals surface area contributed by atoms with Gasteiger partial charge in [0.05, 0.1) is 13.2 Å². The summed E-state index contributed by atoms with van der Waals surface area (Å²) in [5.74, 6) is 0.579.